The first-order valence-corrected chi connectivity index (χ1v) is 5.96. The van der Waals surface area contributed by atoms with E-state index < -0.39 is 31.2 Å². The number of rotatable bonds is 7. The fourth-order valence-corrected chi connectivity index (χ4v) is 1.13. The molecule has 0 bridgehead atoms. The van der Waals surface area contributed by atoms with Crippen LogP contribution < -0.4 is 16.0 Å². The molecule has 112 valence electrons. The topological polar surface area (TPSA) is 70.2 Å². The maximum absolute atomic E-state index is 11.8. The Morgan fingerprint density at radius 3 is 2.21 bits per heavy atom. The van der Waals surface area contributed by atoms with E-state index in [0.717, 1.165) is 0 Å². The van der Waals surface area contributed by atoms with E-state index >= 15 is 0 Å². The Bertz CT molecular complexity index is 306. The van der Waals surface area contributed by atoms with Crippen LogP contribution in [0.5, 0.6) is 0 Å². The highest BCUT2D eigenvalue weighted by Gasteiger charge is 2.26. The van der Waals surface area contributed by atoms with Crippen LogP contribution in [0, 0.1) is 5.92 Å². The van der Waals surface area contributed by atoms with Crippen molar-refractivity contribution in [2.24, 2.45) is 5.92 Å². The Morgan fingerprint density at radius 1 is 1.16 bits per heavy atom. The van der Waals surface area contributed by atoms with Crippen molar-refractivity contribution in [3.63, 3.8) is 0 Å². The third-order valence-electron chi connectivity index (χ3n) is 2.07. The van der Waals surface area contributed by atoms with Crippen molar-refractivity contribution in [1.29, 1.82) is 0 Å². The minimum Gasteiger partial charge on any atom is -0.354 e. The van der Waals surface area contributed by atoms with Gasteiger partial charge in [0.2, 0.25) is 11.8 Å². The second-order valence-corrected chi connectivity index (χ2v) is 4.65. The highest BCUT2D eigenvalue weighted by atomic mass is 19.4. The molecule has 19 heavy (non-hydrogen) atoms. The molecule has 0 aliphatic carbocycles. The van der Waals surface area contributed by atoms with Gasteiger partial charge in [0.1, 0.15) is 6.04 Å². The lowest BCUT2D eigenvalue weighted by molar-refractivity contribution is -0.131. The van der Waals surface area contributed by atoms with E-state index in [4.69, 9.17) is 0 Å². The molecule has 0 aromatic rings. The summed E-state index contributed by atoms with van der Waals surface area (Å²) in [7, 11) is 0. The fraction of sp³-hybridized carbons (Fsp3) is 0.818. The second-order valence-electron chi connectivity index (χ2n) is 4.65. The van der Waals surface area contributed by atoms with E-state index in [1.54, 1.807) is 0 Å². The van der Waals surface area contributed by atoms with Gasteiger partial charge >= 0.3 is 6.18 Å². The number of amides is 2. The zero-order chi connectivity index (χ0) is 15.1. The monoisotopic (exact) mass is 283 g/mol. The summed E-state index contributed by atoms with van der Waals surface area (Å²) in [6.45, 7) is 4.06. The summed E-state index contributed by atoms with van der Waals surface area (Å²) in [5.41, 5.74) is 0. The quantitative estimate of drug-likeness (QED) is 0.634. The van der Waals surface area contributed by atoms with Crippen molar-refractivity contribution >= 4 is 11.8 Å². The Kier molecular flexibility index (Phi) is 7.43. The molecule has 0 spiro atoms. The van der Waals surface area contributed by atoms with Crippen LogP contribution in [0.2, 0.25) is 0 Å². The van der Waals surface area contributed by atoms with Crippen molar-refractivity contribution in [3.05, 3.63) is 0 Å². The number of hydrogen-bond acceptors (Lipinski definition) is 3. The van der Waals surface area contributed by atoms with Crippen LogP contribution in [0.25, 0.3) is 0 Å². The molecule has 0 radical (unpaired) electrons. The molecule has 0 aromatic heterocycles. The third kappa shape index (κ3) is 10.3. The number of halogens is 3. The van der Waals surface area contributed by atoms with E-state index in [-0.39, 0.29) is 11.8 Å². The summed E-state index contributed by atoms with van der Waals surface area (Å²) in [5.74, 6) is -0.741. The van der Waals surface area contributed by atoms with Crippen molar-refractivity contribution < 1.29 is 22.8 Å². The normalized spacial score (nSPS) is 13.2. The molecule has 1 unspecified atom stereocenters. The largest absolute Gasteiger partial charge is 0.401 e. The number of alkyl halides is 3. The van der Waals surface area contributed by atoms with Gasteiger partial charge in [0.05, 0.1) is 13.1 Å². The summed E-state index contributed by atoms with van der Waals surface area (Å²) in [6.07, 6.45) is -4.36. The lowest BCUT2D eigenvalue weighted by atomic mass is 10.2. The highest BCUT2D eigenvalue weighted by molar-refractivity contribution is 5.87. The van der Waals surface area contributed by atoms with E-state index in [0.29, 0.717) is 6.54 Å². The highest BCUT2D eigenvalue weighted by Crippen LogP contribution is 2.11. The van der Waals surface area contributed by atoms with Gasteiger partial charge in [-0.05, 0) is 12.8 Å². The van der Waals surface area contributed by atoms with Gasteiger partial charge in [-0.25, -0.2) is 0 Å². The summed E-state index contributed by atoms with van der Waals surface area (Å²) >= 11 is 0. The molecule has 8 heteroatoms. The first kappa shape index (κ1) is 17.7. The fourth-order valence-electron chi connectivity index (χ4n) is 1.13. The molecule has 0 aromatic carbocycles. The van der Waals surface area contributed by atoms with Gasteiger partial charge < -0.3 is 16.0 Å². The van der Waals surface area contributed by atoms with Crippen LogP contribution in [-0.2, 0) is 9.59 Å². The van der Waals surface area contributed by atoms with Crippen molar-refractivity contribution in [3.8, 4) is 0 Å². The molecule has 5 nitrogen and oxygen atoms in total. The van der Waals surface area contributed by atoms with Crippen molar-refractivity contribution in [2.75, 3.05) is 19.6 Å². The van der Waals surface area contributed by atoms with E-state index in [1.165, 1.54) is 6.92 Å². The molecule has 3 N–H and O–H groups in total. The molecular weight excluding hydrogens is 263 g/mol. The first-order valence-electron chi connectivity index (χ1n) is 5.96. The average Bonchev–Trinajstić information content (AvgIpc) is 2.23. The molecule has 0 heterocycles. The maximum Gasteiger partial charge on any atom is 0.401 e. The smallest absolute Gasteiger partial charge is 0.354 e. The molecule has 0 rings (SSSR count). The number of carbonyl (C=O) groups excluding carboxylic acids is 2. The summed E-state index contributed by atoms with van der Waals surface area (Å²) in [5, 5.41) is 6.87. The van der Waals surface area contributed by atoms with Gasteiger partial charge in [-0.2, -0.15) is 13.2 Å². The Labute approximate surface area is 110 Å². The number of hydrogen-bond donors (Lipinski definition) is 3. The zero-order valence-electron chi connectivity index (χ0n) is 11.2. The minimum atomic E-state index is -4.36. The SMILES string of the molecule is CC(C)CNC(=O)C(C)NC(=O)CNCC(F)(F)F. The van der Waals surface area contributed by atoms with E-state index in [9.17, 15) is 22.8 Å². The zero-order valence-corrected chi connectivity index (χ0v) is 11.2. The molecule has 0 saturated heterocycles. The van der Waals surface area contributed by atoms with Crippen LogP contribution >= 0.6 is 0 Å². The van der Waals surface area contributed by atoms with Crippen molar-refractivity contribution in [2.45, 2.75) is 33.0 Å². The Morgan fingerprint density at radius 2 is 1.74 bits per heavy atom. The van der Waals surface area contributed by atoms with Gasteiger partial charge in [-0.15, -0.1) is 0 Å². The minimum absolute atomic E-state index is 0.278. The standard InChI is InChI=1S/C11H20F3N3O2/c1-7(2)4-16-10(19)8(3)17-9(18)5-15-6-11(12,13)14/h7-8,15H,4-6H2,1-3H3,(H,16,19)(H,17,18). The summed E-state index contributed by atoms with van der Waals surface area (Å²) in [6, 6.07) is -0.779. The molecule has 0 fully saturated rings. The predicted octanol–water partition coefficient (Wildman–Crippen LogP) is 0.415. The lowest BCUT2D eigenvalue weighted by Gasteiger charge is -2.15. The third-order valence-corrected chi connectivity index (χ3v) is 2.07. The van der Waals surface area contributed by atoms with Gasteiger partial charge in [-0.3, -0.25) is 9.59 Å². The Balaban J connectivity index is 3.89. The van der Waals surface area contributed by atoms with E-state index in [2.05, 4.69) is 10.6 Å². The number of nitrogens with one attached hydrogen (secondary N) is 3. The molecule has 0 aliphatic rings. The average molecular weight is 283 g/mol. The number of carbonyl (C=O) groups is 2. The molecule has 0 saturated carbocycles. The second kappa shape index (κ2) is 7.98. The molecule has 2 amide bonds. The van der Waals surface area contributed by atoms with Gasteiger partial charge in [0, 0.05) is 6.54 Å². The van der Waals surface area contributed by atoms with Crippen molar-refractivity contribution in [1.82, 2.24) is 16.0 Å². The molecule has 1 atom stereocenters. The molecule has 0 aliphatic heterocycles. The summed E-state index contributed by atoms with van der Waals surface area (Å²) < 4.78 is 35.4. The van der Waals surface area contributed by atoms with Gasteiger partial charge in [-0.1, -0.05) is 13.8 Å². The molecular formula is C11H20F3N3O2. The summed E-state index contributed by atoms with van der Waals surface area (Å²) in [4.78, 5) is 22.8. The Hall–Kier alpha value is -1.31. The lowest BCUT2D eigenvalue weighted by Crippen LogP contribution is -2.48. The maximum atomic E-state index is 11.8. The first-order chi connectivity index (χ1) is 8.61. The van der Waals surface area contributed by atoms with Gasteiger partial charge in [0.15, 0.2) is 0 Å². The van der Waals surface area contributed by atoms with Crippen LogP contribution in [0.15, 0.2) is 0 Å². The van der Waals surface area contributed by atoms with E-state index in [1.807, 2.05) is 19.2 Å². The van der Waals surface area contributed by atoms with Crippen LogP contribution in [0.4, 0.5) is 13.2 Å². The van der Waals surface area contributed by atoms with Crippen LogP contribution in [0.3, 0.4) is 0 Å². The van der Waals surface area contributed by atoms with Gasteiger partial charge in [0.25, 0.3) is 0 Å². The van der Waals surface area contributed by atoms with Crippen LogP contribution in [0.1, 0.15) is 20.8 Å². The predicted molar refractivity (Wildman–Crippen MR) is 64.4 cm³/mol. The van der Waals surface area contributed by atoms with Crippen LogP contribution in [-0.4, -0.2) is 43.7 Å².